The first kappa shape index (κ1) is 38.7. The zero-order valence-electron chi connectivity index (χ0n) is 30.3. The van der Waals surface area contributed by atoms with E-state index in [4.69, 9.17) is 21.7 Å². The van der Waals surface area contributed by atoms with E-state index in [0.29, 0.717) is 52.3 Å². The molecule has 6 rings (SSSR count). The molecule has 0 fully saturated rings. The Morgan fingerprint density at radius 2 is 1.85 bits per heavy atom. The van der Waals surface area contributed by atoms with Gasteiger partial charge in [-0.2, -0.15) is 5.10 Å². The fraction of sp³-hybridized carbons (Fsp3) is 0.359. The van der Waals surface area contributed by atoms with Crippen LogP contribution in [0.3, 0.4) is 0 Å². The summed E-state index contributed by atoms with van der Waals surface area (Å²) in [6.45, 7) is 6.27. The van der Waals surface area contributed by atoms with Crippen LogP contribution in [0.2, 0.25) is 4.87 Å². The minimum absolute atomic E-state index is 0.0293. The molecule has 2 radical (unpaired) electrons. The molecule has 0 spiro atoms. The molecule has 0 unspecified atom stereocenters. The fourth-order valence-corrected chi connectivity index (χ4v) is 6.81. The monoisotopic (exact) mass is 814 g/mol. The summed E-state index contributed by atoms with van der Waals surface area (Å²) in [5, 5.41) is 16.3. The van der Waals surface area contributed by atoms with Crippen LogP contribution in [-0.2, 0) is 30.2 Å². The van der Waals surface area contributed by atoms with Crippen LogP contribution >= 0.6 is 0 Å². The van der Waals surface area contributed by atoms with Gasteiger partial charge in [0.2, 0.25) is 0 Å². The van der Waals surface area contributed by atoms with Gasteiger partial charge in [-0.25, -0.2) is 19.9 Å². The number of hydrazine groups is 1. The van der Waals surface area contributed by atoms with Crippen LogP contribution in [0, 0.1) is 11.2 Å². The molecule has 1 aliphatic heterocycles. The van der Waals surface area contributed by atoms with Crippen LogP contribution in [0.15, 0.2) is 72.8 Å². The summed E-state index contributed by atoms with van der Waals surface area (Å²) in [6.07, 6.45) is 8.45. The van der Waals surface area contributed by atoms with Gasteiger partial charge in [0.25, 0.3) is 0 Å². The van der Waals surface area contributed by atoms with Crippen LogP contribution in [0.4, 0.5) is 4.39 Å². The first-order valence-corrected chi connectivity index (χ1v) is 19.8. The minimum atomic E-state index is -0.851. The number of nitrogens with one attached hydrogen (secondary N) is 1. The number of carboxylic acids is 1. The molecule has 4 heterocycles. The van der Waals surface area contributed by atoms with Crippen LogP contribution < -0.4 is 11.6 Å². The van der Waals surface area contributed by atoms with Gasteiger partial charge in [-0.05, 0) is 67.1 Å². The van der Waals surface area contributed by atoms with Gasteiger partial charge in [0.15, 0.2) is 17.4 Å². The van der Waals surface area contributed by atoms with Gasteiger partial charge < -0.3 is 20.8 Å². The summed E-state index contributed by atoms with van der Waals surface area (Å²) in [7, 11) is 1.78. The van der Waals surface area contributed by atoms with Gasteiger partial charge in [0.1, 0.15) is 11.5 Å². The summed E-state index contributed by atoms with van der Waals surface area (Å²) in [5.74, 6) is 5.50. The van der Waals surface area contributed by atoms with E-state index in [1.807, 2.05) is 24.3 Å². The Bertz CT molecular complexity index is 2120. The first-order valence-electron chi connectivity index (χ1n) is 17.2. The molecule has 11 nitrogen and oxygen atoms in total. The van der Waals surface area contributed by atoms with Crippen LogP contribution in [0.1, 0.15) is 91.3 Å². The summed E-state index contributed by atoms with van der Waals surface area (Å²) in [5.41, 5.74) is 9.62. The number of carboxylic acid groups (broad SMARTS) is 1. The van der Waals surface area contributed by atoms with Gasteiger partial charge in [-0.15, -0.1) is 0 Å². The van der Waals surface area contributed by atoms with E-state index in [-0.39, 0.29) is 24.1 Å². The third-order valence-electron chi connectivity index (χ3n) is 10.00. The van der Waals surface area contributed by atoms with E-state index in [2.05, 4.69) is 35.6 Å². The zero-order chi connectivity index (χ0) is 37.8. The number of aromatic nitrogens is 5. The SMILES string of the molecule is Cn1nc2nc1-c1cc(ccn1)C(=O)c1c(F)cc3[nH]ccc3c1CN(N)/C=C(\N)C(C)(C)CCCC[C@]2(C)c1cccc(CCC(=O)O)c1.[CH3][Sb]. The fourth-order valence-electron chi connectivity index (χ4n) is 6.81. The standard InChI is InChI=1S/C38H43FN8O3.CH3.Sb/c1-37(2)14-5-6-15-38(3,25-9-7-8-23(18-25)10-11-32(48)49)36-44-35(46(4)45-36)30-19-24(12-16-43-30)34(50)33-27(21-47(41)22-31(37)40)26-13-17-42-29(26)20-28(33)39;;/h7-9,12-13,16-20,22,42H,5-6,10-11,14-15,21,40-41H2,1-4H3,(H,48,49);1H3;/b31-22-;;/t38-;;/m1../s1. The quantitative estimate of drug-likeness (QED) is 0.120. The maximum atomic E-state index is 15.9. The van der Waals surface area contributed by atoms with Gasteiger partial charge in [0, 0.05) is 59.6 Å². The van der Waals surface area contributed by atoms with Crippen molar-refractivity contribution in [1.82, 2.24) is 29.7 Å². The van der Waals surface area contributed by atoms with E-state index in [0.717, 1.165) is 30.4 Å². The number of aromatic amines is 1. The molecule has 2 aromatic carbocycles. The second-order valence-electron chi connectivity index (χ2n) is 14.1. The van der Waals surface area contributed by atoms with Crippen molar-refractivity contribution in [2.75, 3.05) is 0 Å². The summed E-state index contributed by atoms with van der Waals surface area (Å²) in [4.78, 5) is 40.2. The molecule has 0 aliphatic carbocycles. The third-order valence-corrected chi connectivity index (χ3v) is 10.00. The Hall–Kier alpha value is -4.54. The van der Waals surface area contributed by atoms with Crippen molar-refractivity contribution in [2.24, 2.45) is 24.0 Å². The number of hydrogen-bond donors (Lipinski definition) is 4. The van der Waals surface area contributed by atoms with Crippen molar-refractivity contribution >= 4 is 45.7 Å². The Kier molecular flexibility index (Phi) is 11.9. The van der Waals surface area contributed by atoms with Crippen molar-refractivity contribution in [3.63, 3.8) is 0 Å². The van der Waals surface area contributed by atoms with Crippen LogP contribution in [0.5, 0.6) is 0 Å². The predicted octanol–water partition coefficient (Wildman–Crippen LogP) is 6.33. The van der Waals surface area contributed by atoms with Gasteiger partial charge in [-0.3, -0.25) is 14.6 Å². The van der Waals surface area contributed by atoms with Gasteiger partial charge in [0.05, 0.1) is 17.5 Å². The molecule has 0 saturated heterocycles. The van der Waals surface area contributed by atoms with Crippen molar-refractivity contribution in [1.29, 1.82) is 0 Å². The van der Waals surface area contributed by atoms with Gasteiger partial charge in [-0.1, -0.05) is 51.0 Å². The molecule has 1 aliphatic rings. The molecule has 6 N–H and O–H groups in total. The number of halogens is 1. The molecule has 0 saturated carbocycles. The molecule has 3 aromatic heterocycles. The number of H-pyrrole nitrogens is 1. The maximum absolute atomic E-state index is 15.9. The van der Waals surface area contributed by atoms with E-state index in [9.17, 15) is 14.7 Å². The molecule has 52 heavy (non-hydrogen) atoms. The molecule has 13 heteroatoms. The van der Waals surface area contributed by atoms with Crippen molar-refractivity contribution in [3.8, 4) is 11.5 Å². The Balaban J connectivity index is 0.00000257. The van der Waals surface area contributed by atoms with E-state index >= 15 is 4.39 Å². The number of benzene rings is 2. The van der Waals surface area contributed by atoms with Crippen molar-refractivity contribution < 1.29 is 19.1 Å². The number of aryl methyl sites for hydroxylation is 2. The normalized spacial score (nSPS) is 19.0. The molecule has 0 amide bonds. The number of aliphatic carboxylic acids is 1. The Morgan fingerprint density at radius 1 is 1.10 bits per heavy atom. The average Bonchev–Trinajstić information content (AvgIpc) is 3.76. The molecule has 1 atom stereocenters. The molecule has 5 aromatic rings. The van der Waals surface area contributed by atoms with Crippen molar-refractivity contribution in [2.45, 2.75) is 76.1 Å². The number of carbonyl (C=O) groups excluding carboxylic acids is 1. The number of hydrogen-bond acceptors (Lipinski definition) is 8. The predicted molar refractivity (Wildman–Crippen MR) is 201 cm³/mol. The average molecular weight is 816 g/mol. The Morgan fingerprint density at radius 3 is 2.60 bits per heavy atom. The number of fused-ring (bicyclic) bond motifs is 8. The second-order valence-corrected chi connectivity index (χ2v) is 14.1. The van der Waals surface area contributed by atoms with E-state index in [1.54, 1.807) is 65.3 Å². The number of rotatable bonds is 4. The zero-order valence-corrected chi connectivity index (χ0v) is 32.8. The van der Waals surface area contributed by atoms with E-state index in [1.165, 1.54) is 17.3 Å². The van der Waals surface area contributed by atoms with E-state index < -0.39 is 28.4 Å². The first-order chi connectivity index (χ1) is 24.8. The van der Waals surface area contributed by atoms with Crippen molar-refractivity contribution in [3.05, 3.63) is 112 Å². The third kappa shape index (κ3) is 8.08. The number of allylic oxidation sites excluding steroid dienone is 1. The Labute approximate surface area is 317 Å². The molecule has 4 bridgehead atoms. The number of ketones is 1. The molecular formula is C39H46FN8O3Sb. The molecule has 272 valence electrons. The van der Waals surface area contributed by atoms with Gasteiger partial charge >= 0.3 is 33.9 Å². The number of carbonyl (C=O) groups is 2. The summed E-state index contributed by atoms with van der Waals surface area (Å²) < 4.78 is 17.5. The topological polar surface area (TPSA) is 169 Å². The summed E-state index contributed by atoms with van der Waals surface area (Å²) in [6, 6.07) is 14.2. The number of nitrogens with two attached hydrogens (primary N) is 2. The molecular weight excluding hydrogens is 769 g/mol. The van der Waals surface area contributed by atoms with Crippen LogP contribution in [0.25, 0.3) is 22.4 Å². The number of nitrogens with zero attached hydrogens (tertiary/aromatic N) is 5. The second kappa shape index (κ2) is 16.0. The number of pyridine rings is 1. The summed E-state index contributed by atoms with van der Waals surface area (Å²) >= 11 is 1.75. The van der Waals surface area contributed by atoms with Crippen LogP contribution in [-0.4, -0.2) is 69.6 Å².